The van der Waals surface area contributed by atoms with Gasteiger partial charge in [-0.05, 0) is 25.5 Å². The van der Waals surface area contributed by atoms with E-state index in [2.05, 4.69) is 0 Å². The molecule has 0 atom stereocenters. The summed E-state index contributed by atoms with van der Waals surface area (Å²) >= 11 is 0. The molecule has 0 aliphatic rings. The Balaban J connectivity index is 3.00. The standard InChI is InChI=1S/C13H16O4/c1-3-6-11(9(2)13(15)16)17-12-8-5-4-7-10(12)14/h4-5,7-8,14H,3,6H2,1-2H3,(H,15,16). The van der Waals surface area contributed by atoms with Gasteiger partial charge >= 0.3 is 5.97 Å². The molecule has 0 saturated carbocycles. The number of carboxylic acids is 1. The number of carbonyl (C=O) groups is 1. The van der Waals surface area contributed by atoms with Gasteiger partial charge in [0.15, 0.2) is 11.5 Å². The lowest BCUT2D eigenvalue weighted by atomic mass is 10.2. The molecule has 0 fully saturated rings. The highest BCUT2D eigenvalue weighted by Gasteiger charge is 2.12. The first-order valence-corrected chi connectivity index (χ1v) is 5.45. The third kappa shape index (κ3) is 3.52. The van der Waals surface area contributed by atoms with E-state index in [-0.39, 0.29) is 17.1 Å². The van der Waals surface area contributed by atoms with E-state index in [1.54, 1.807) is 18.2 Å². The SMILES string of the molecule is CCCC(Oc1ccccc1O)=C(C)C(=O)O. The van der Waals surface area contributed by atoms with E-state index in [9.17, 15) is 9.90 Å². The number of allylic oxidation sites excluding steroid dienone is 1. The quantitative estimate of drug-likeness (QED) is 0.609. The summed E-state index contributed by atoms with van der Waals surface area (Å²) in [6.45, 7) is 3.43. The van der Waals surface area contributed by atoms with Crippen molar-refractivity contribution in [1.82, 2.24) is 0 Å². The van der Waals surface area contributed by atoms with Crippen LogP contribution >= 0.6 is 0 Å². The number of aromatic hydroxyl groups is 1. The van der Waals surface area contributed by atoms with Gasteiger partial charge in [-0.3, -0.25) is 0 Å². The van der Waals surface area contributed by atoms with Crippen LogP contribution < -0.4 is 4.74 Å². The van der Waals surface area contributed by atoms with Crippen molar-refractivity contribution >= 4 is 5.97 Å². The minimum absolute atomic E-state index is 0.000656. The van der Waals surface area contributed by atoms with Gasteiger partial charge in [0.05, 0.1) is 5.57 Å². The van der Waals surface area contributed by atoms with Gasteiger partial charge in [0.1, 0.15) is 5.76 Å². The highest BCUT2D eigenvalue weighted by atomic mass is 16.5. The highest BCUT2D eigenvalue weighted by molar-refractivity contribution is 5.86. The summed E-state index contributed by atoms with van der Waals surface area (Å²) in [5.41, 5.74) is 0.162. The fraction of sp³-hybridized carbons (Fsp3) is 0.308. The monoisotopic (exact) mass is 236 g/mol. The molecule has 92 valence electrons. The van der Waals surface area contributed by atoms with Crippen LogP contribution in [0.4, 0.5) is 0 Å². The van der Waals surface area contributed by atoms with Crippen molar-refractivity contribution in [2.75, 3.05) is 0 Å². The largest absolute Gasteiger partial charge is 0.504 e. The molecule has 0 aromatic heterocycles. The Labute approximate surface area is 100 Å². The molecule has 1 rings (SSSR count). The van der Waals surface area contributed by atoms with Gasteiger partial charge < -0.3 is 14.9 Å². The topological polar surface area (TPSA) is 66.8 Å². The smallest absolute Gasteiger partial charge is 0.334 e. The van der Waals surface area contributed by atoms with Gasteiger partial charge in [-0.15, -0.1) is 0 Å². The normalized spacial score (nSPS) is 11.9. The number of carboxylic acid groups (broad SMARTS) is 1. The van der Waals surface area contributed by atoms with E-state index in [1.807, 2.05) is 6.92 Å². The summed E-state index contributed by atoms with van der Waals surface area (Å²) in [7, 11) is 0. The van der Waals surface area contributed by atoms with Crippen LogP contribution in [0.3, 0.4) is 0 Å². The summed E-state index contributed by atoms with van der Waals surface area (Å²) in [5.74, 6) is -0.360. The molecule has 17 heavy (non-hydrogen) atoms. The van der Waals surface area contributed by atoms with Gasteiger partial charge in [0, 0.05) is 6.42 Å². The molecule has 0 heterocycles. The van der Waals surface area contributed by atoms with Crippen molar-refractivity contribution in [2.45, 2.75) is 26.7 Å². The van der Waals surface area contributed by atoms with Gasteiger partial charge in [0.25, 0.3) is 0 Å². The van der Waals surface area contributed by atoms with Crippen molar-refractivity contribution in [3.63, 3.8) is 0 Å². The first-order chi connectivity index (χ1) is 8.06. The molecule has 0 aliphatic carbocycles. The van der Waals surface area contributed by atoms with Gasteiger partial charge in [-0.1, -0.05) is 19.1 Å². The van der Waals surface area contributed by atoms with Crippen LogP contribution in [0.25, 0.3) is 0 Å². The molecule has 0 aliphatic heterocycles. The van der Waals surface area contributed by atoms with Gasteiger partial charge in [-0.25, -0.2) is 4.79 Å². The summed E-state index contributed by atoms with van der Waals surface area (Å²) < 4.78 is 5.46. The number of rotatable bonds is 5. The number of phenols is 1. The lowest BCUT2D eigenvalue weighted by molar-refractivity contribution is -0.132. The molecule has 2 N–H and O–H groups in total. The van der Waals surface area contributed by atoms with Crippen LogP contribution in [0.1, 0.15) is 26.7 Å². The third-order valence-corrected chi connectivity index (χ3v) is 2.31. The van der Waals surface area contributed by atoms with Crippen molar-refractivity contribution in [2.24, 2.45) is 0 Å². The van der Waals surface area contributed by atoms with Crippen LogP contribution in [0.15, 0.2) is 35.6 Å². The van der Waals surface area contributed by atoms with Crippen molar-refractivity contribution in [3.8, 4) is 11.5 Å². The Morgan fingerprint density at radius 3 is 2.53 bits per heavy atom. The highest BCUT2D eigenvalue weighted by Crippen LogP contribution is 2.28. The first kappa shape index (κ1) is 13.1. The zero-order chi connectivity index (χ0) is 12.8. The average molecular weight is 236 g/mol. The predicted octanol–water partition coefficient (Wildman–Crippen LogP) is 2.93. The van der Waals surface area contributed by atoms with Crippen LogP contribution in [0, 0.1) is 0 Å². The zero-order valence-electron chi connectivity index (χ0n) is 9.93. The van der Waals surface area contributed by atoms with E-state index in [1.165, 1.54) is 13.0 Å². The molecule has 0 spiro atoms. The van der Waals surface area contributed by atoms with Crippen molar-refractivity contribution in [3.05, 3.63) is 35.6 Å². The van der Waals surface area contributed by atoms with E-state index < -0.39 is 5.97 Å². The van der Waals surface area contributed by atoms with Crippen molar-refractivity contribution < 1.29 is 19.7 Å². The number of para-hydroxylation sites is 2. The lowest BCUT2D eigenvalue weighted by Crippen LogP contribution is -2.06. The Bertz CT molecular complexity index is 435. The van der Waals surface area contributed by atoms with Crippen molar-refractivity contribution in [1.29, 1.82) is 0 Å². The number of phenolic OH excluding ortho intramolecular Hbond substituents is 1. The second kappa shape index (κ2) is 5.94. The first-order valence-electron chi connectivity index (χ1n) is 5.45. The minimum Gasteiger partial charge on any atom is -0.504 e. The third-order valence-electron chi connectivity index (χ3n) is 2.31. The molecule has 0 amide bonds. The molecule has 0 saturated heterocycles. The average Bonchev–Trinajstić information content (AvgIpc) is 2.30. The summed E-state index contributed by atoms with van der Waals surface area (Å²) in [5, 5.41) is 18.5. The summed E-state index contributed by atoms with van der Waals surface area (Å²) in [4.78, 5) is 10.9. The van der Waals surface area contributed by atoms with Crippen LogP contribution in [0.2, 0.25) is 0 Å². The lowest BCUT2D eigenvalue weighted by Gasteiger charge is -2.12. The second-order valence-electron chi connectivity index (χ2n) is 3.67. The molecule has 4 heteroatoms. The predicted molar refractivity (Wildman–Crippen MR) is 64.0 cm³/mol. The molecule has 1 aromatic rings. The maximum absolute atomic E-state index is 10.9. The zero-order valence-corrected chi connectivity index (χ0v) is 9.93. The maximum Gasteiger partial charge on any atom is 0.334 e. The van der Waals surface area contributed by atoms with E-state index in [0.717, 1.165) is 6.42 Å². The van der Waals surface area contributed by atoms with Crippen LogP contribution in [-0.2, 0) is 4.79 Å². The second-order valence-corrected chi connectivity index (χ2v) is 3.67. The fourth-order valence-electron chi connectivity index (χ4n) is 1.34. The fourth-order valence-corrected chi connectivity index (χ4v) is 1.34. The molecular weight excluding hydrogens is 220 g/mol. The molecule has 4 nitrogen and oxygen atoms in total. The molecule has 1 aromatic carbocycles. The van der Waals surface area contributed by atoms with Crippen LogP contribution in [-0.4, -0.2) is 16.2 Å². The Hall–Kier alpha value is -1.97. The van der Waals surface area contributed by atoms with Crippen LogP contribution in [0.5, 0.6) is 11.5 Å². The summed E-state index contributed by atoms with van der Waals surface area (Å²) in [6, 6.07) is 6.49. The van der Waals surface area contributed by atoms with Gasteiger partial charge in [-0.2, -0.15) is 0 Å². The maximum atomic E-state index is 10.9. The minimum atomic E-state index is -1.01. The van der Waals surface area contributed by atoms with E-state index in [0.29, 0.717) is 12.2 Å². The molecule has 0 unspecified atom stereocenters. The number of hydrogen-bond acceptors (Lipinski definition) is 3. The summed E-state index contributed by atoms with van der Waals surface area (Å²) in [6.07, 6.45) is 1.29. The van der Waals surface area contributed by atoms with E-state index >= 15 is 0 Å². The molecule has 0 bridgehead atoms. The molecular formula is C13H16O4. The number of hydrogen-bond donors (Lipinski definition) is 2. The van der Waals surface area contributed by atoms with Gasteiger partial charge in [0.2, 0.25) is 0 Å². The Morgan fingerprint density at radius 2 is 2.00 bits per heavy atom. The number of aliphatic carboxylic acids is 1. The number of benzene rings is 1. The molecule has 0 radical (unpaired) electrons. The van der Waals surface area contributed by atoms with E-state index in [4.69, 9.17) is 9.84 Å². The number of ether oxygens (including phenoxy) is 1. The Kier molecular flexibility index (Phi) is 4.57. The Morgan fingerprint density at radius 1 is 1.35 bits per heavy atom.